The number of nitrogens with two attached hydrogens (primary N) is 1. The Morgan fingerprint density at radius 3 is 2.69 bits per heavy atom. The first-order valence-corrected chi connectivity index (χ1v) is 12.4. The second-order valence-electron chi connectivity index (χ2n) is 10.2. The van der Waals surface area contributed by atoms with Crippen molar-refractivity contribution in [3.05, 3.63) is 66.0 Å². The van der Waals surface area contributed by atoms with Crippen LogP contribution in [0.2, 0.25) is 0 Å². The van der Waals surface area contributed by atoms with Crippen molar-refractivity contribution in [2.45, 2.75) is 62.9 Å². The van der Waals surface area contributed by atoms with Gasteiger partial charge >= 0.3 is 0 Å². The lowest BCUT2D eigenvalue weighted by atomic mass is 9.77. The third-order valence-corrected chi connectivity index (χ3v) is 6.96. The van der Waals surface area contributed by atoms with Crippen molar-refractivity contribution in [3.63, 3.8) is 0 Å². The van der Waals surface area contributed by atoms with Gasteiger partial charge in [-0.05, 0) is 38.0 Å². The maximum atomic E-state index is 14.1. The molecule has 0 aliphatic carbocycles. The molecule has 0 bridgehead atoms. The zero-order valence-corrected chi connectivity index (χ0v) is 20.9. The van der Waals surface area contributed by atoms with E-state index in [0.717, 1.165) is 11.3 Å². The molecule has 2 aliphatic heterocycles. The molecule has 0 saturated carbocycles. The number of nitrogens with zero attached hydrogens (tertiary/aromatic N) is 2. The molecule has 9 heteroatoms. The number of amides is 2. The minimum absolute atomic E-state index is 0.0126. The van der Waals surface area contributed by atoms with Gasteiger partial charge in [0.2, 0.25) is 11.8 Å². The second-order valence-corrected chi connectivity index (χ2v) is 10.2. The van der Waals surface area contributed by atoms with Crippen LogP contribution in [0.25, 0.3) is 0 Å². The fraction of sp³-hybridized carbons (Fsp3) is 0.481. The molecule has 36 heavy (non-hydrogen) atoms. The fourth-order valence-corrected chi connectivity index (χ4v) is 5.08. The molecule has 2 unspecified atom stereocenters. The molecule has 2 aromatic rings. The molecule has 2 aliphatic rings. The molecule has 1 aromatic heterocycles. The summed E-state index contributed by atoms with van der Waals surface area (Å²) in [5.74, 6) is -0.636. The zero-order valence-electron chi connectivity index (χ0n) is 20.9. The number of Topliss-reactive ketones (excluding diaryl/α,β-unsaturated/α-hetero) is 1. The van der Waals surface area contributed by atoms with Gasteiger partial charge in [0, 0.05) is 37.8 Å². The van der Waals surface area contributed by atoms with E-state index in [1.54, 1.807) is 20.0 Å². The van der Waals surface area contributed by atoms with Gasteiger partial charge in [0.05, 0.1) is 30.3 Å². The largest absolute Gasteiger partial charge is 0.374 e. The van der Waals surface area contributed by atoms with E-state index in [-0.39, 0.29) is 18.3 Å². The van der Waals surface area contributed by atoms with Crippen LogP contribution in [0.3, 0.4) is 0 Å². The third-order valence-electron chi connectivity index (χ3n) is 6.96. The van der Waals surface area contributed by atoms with Crippen LogP contribution < -0.4 is 16.4 Å². The predicted octanol–water partition coefficient (Wildman–Crippen LogP) is 0.965. The van der Waals surface area contributed by atoms with Crippen LogP contribution in [-0.2, 0) is 32.1 Å². The summed E-state index contributed by atoms with van der Waals surface area (Å²) in [4.78, 5) is 46.0. The van der Waals surface area contributed by atoms with Crippen molar-refractivity contribution in [1.29, 1.82) is 0 Å². The average Bonchev–Trinajstić information content (AvgIpc) is 3.19. The molecule has 2 fully saturated rings. The van der Waals surface area contributed by atoms with Crippen molar-refractivity contribution >= 4 is 17.6 Å². The number of aromatic nitrogens is 1. The number of fused-ring (bicyclic) bond motifs is 1. The van der Waals surface area contributed by atoms with Crippen LogP contribution in [0.5, 0.6) is 0 Å². The number of carbonyl (C=O) groups excluding carboxylic acids is 3. The van der Waals surface area contributed by atoms with Gasteiger partial charge in [-0.25, -0.2) is 0 Å². The summed E-state index contributed by atoms with van der Waals surface area (Å²) in [5.41, 5.74) is 5.86. The molecule has 9 nitrogen and oxygen atoms in total. The Morgan fingerprint density at radius 2 is 2.00 bits per heavy atom. The van der Waals surface area contributed by atoms with Gasteiger partial charge in [-0.3, -0.25) is 19.4 Å². The molecule has 3 heterocycles. The number of carbonyl (C=O) groups is 3. The maximum Gasteiger partial charge on any atom is 0.240 e. The van der Waals surface area contributed by atoms with Gasteiger partial charge in [0.1, 0.15) is 6.04 Å². The highest BCUT2D eigenvalue weighted by atomic mass is 16.5. The van der Waals surface area contributed by atoms with Gasteiger partial charge in [-0.2, -0.15) is 0 Å². The summed E-state index contributed by atoms with van der Waals surface area (Å²) < 4.78 is 5.89. The predicted molar refractivity (Wildman–Crippen MR) is 135 cm³/mol. The highest BCUT2D eigenvalue weighted by Gasteiger charge is 2.56. The normalized spacial score (nSPS) is 22.7. The quantitative estimate of drug-likeness (QED) is 0.450. The van der Waals surface area contributed by atoms with Crippen LogP contribution in [-0.4, -0.2) is 70.3 Å². The summed E-state index contributed by atoms with van der Waals surface area (Å²) in [6.45, 7) is 4.48. The van der Waals surface area contributed by atoms with Crippen molar-refractivity contribution in [1.82, 2.24) is 20.5 Å². The summed E-state index contributed by atoms with van der Waals surface area (Å²) in [6, 6.07) is 13.6. The first-order valence-electron chi connectivity index (χ1n) is 12.4. The van der Waals surface area contributed by atoms with E-state index in [1.165, 1.54) is 0 Å². The molecule has 1 aromatic carbocycles. The number of benzene rings is 1. The first-order chi connectivity index (χ1) is 17.2. The van der Waals surface area contributed by atoms with Crippen LogP contribution in [0.15, 0.2) is 54.7 Å². The fourth-order valence-electron chi connectivity index (χ4n) is 5.08. The van der Waals surface area contributed by atoms with Gasteiger partial charge in [-0.1, -0.05) is 36.4 Å². The van der Waals surface area contributed by atoms with Gasteiger partial charge in [-0.15, -0.1) is 0 Å². The van der Waals surface area contributed by atoms with E-state index in [9.17, 15) is 14.4 Å². The van der Waals surface area contributed by atoms with Crippen molar-refractivity contribution < 1.29 is 19.1 Å². The molecule has 4 N–H and O–H groups in total. The number of nitrogens with one attached hydrogen (secondary N) is 2. The highest BCUT2D eigenvalue weighted by molar-refractivity contribution is 5.97. The minimum atomic E-state index is -1.17. The summed E-state index contributed by atoms with van der Waals surface area (Å²) in [5, 5.41) is 6.18. The molecular formula is C27H35N5O4. The number of hydrogen-bond acceptors (Lipinski definition) is 7. The molecule has 2 saturated heterocycles. The summed E-state index contributed by atoms with van der Waals surface area (Å²) in [7, 11) is 0. The van der Waals surface area contributed by atoms with E-state index in [1.807, 2.05) is 53.4 Å². The molecule has 0 spiro atoms. The molecule has 0 radical (unpaired) electrons. The van der Waals surface area contributed by atoms with E-state index in [0.29, 0.717) is 39.0 Å². The first kappa shape index (κ1) is 25.9. The summed E-state index contributed by atoms with van der Waals surface area (Å²) >= 11 is 0. The number of rotatable bonds is 10. The standard InChI is InChI=1S/C27H35N5O4/c1-26(2,28)25(35)31-21(18-36-17-19-8-4-3-5-9-19)23(34)24-27(16-20-10-6-7-13-29-20)12-11-22(33)32(27)15-14-30-24/h3-10,13,21,24,30H,11-12,14-18,28H2,1-2H3,(H,31,35)/t21-,24?,27?/m1/s1. The highest BCUT2D eigenvalue weighted by Crippen LogP contribution is 2.38. The van der Waals surface area contributed by atoms with E-state index < -0.39 is 29.1 Å². The molecule has 2 amide bonds. The van der Waals surface area contributed by atoms with Crippen LogP contribution in [0.1, 0.15) is 37.9 Å². The van der Waals surface area contributed by atoms with Gasteiger partial charge < -0.3 is 26.0 Å². The van der Waals surface area contributed by atoms with Crippen LogP contribution >= 0.6 is 0 Å². The maximum absolute atomic E-state index is 14.1. The Bertz CT molecular complexity index is 1070. The Balaban J connectivity index is 1.60. The lowest BCUT2D eigenvalue weighted by Gasteiger charge is -2.48. The Labute approximate surface area is 211 Å². The SMILES string of the molecule is CC(C)(N)C(=O)N[C@H](COCc1ccccc1)C(=O)C1NCCN2C(=O)CCC12Cc1ccccn1. The smallest absolute Gasteiger partial charge is 0.240 e. The second kappa shape index (κ2) is 10.9. The Morgan fingerprint density at radius 1 is 1.25 bits per heavy atom. The van der Waals surface area contributed by atoms with Crippen LogP contribution in [0.4, 0.5) is 0 Å². The Hall–Kier alpha value is -3.14. The molecule has 192 valence electrons. The molecule has 4 rings (SSSR count). The third kappa shape index (κ3) is 5.64. The van der Waals surface area contributed by atoms with Crippen molar-refractivity contribution in [3.8, 4) is 0 Å². The van der Waals surface area contributed by atoms with E-state index in [2.05, 4.69) is 15.6 Å². The zero-order chi connectivity index (χ0) is 25.8. The number of pyridine rings is 1. The van der Waals surface area contributed by atoms with Crippen molar-refractivity contribution in [2.24, 2.45) is 5.73 Å². The number of ketones is 1. The summed E-state index contributed by atoms with van der Waals surface area (Å²) in [6.07, 6.45) is 3.05. The monoisotopic (exact) mass is 493 g/mol. The van der Waals surface area contributed by atoms with Gasteiger partial charge in [0.25, 0.3) is 0 Å². The lowest BCUT2D eigenvalue weighted by molar-refractivity contribution is -0.140. The minimum Gasteiger partial charge on any atom is -0.374 e. The number of ether oxygens (including phenoxy) is 1. The average molecular weight is 494 g/mol. The number of piperazine rings is 1. The van der Waals surface area contributed by atoms with Crippen molar-refractivity contribution in [2.75, 3.05) is 19.7 Å². The Kier molecular flexibility index (Phi) is 7.82. The van der Waals surface area contributed by atoms with Crippen LogP contribution in [0, 0.1) is 0 Å². The molecular weight excluding hydrogens is 458 g/mol. The van der Waals surface area contributed by atoms with E-state index in [4.69, 9.17) is 10.5 Å². The molecule has 3 atom stereocenters. The number of hydrogen-bond donors (Lipinski definition) is 3. The van der Waals surface area contributed by atoms with Gasteiger partial charge in [0.15, 0.2) is 5.78 Å². The topological polar surface area (TPSA) is 127 Å². The lowest BCUT2D eigenvalue weighted by Crippen LogP contribution is -2.71. The van der Waals surface area contributed by atoms with E-state index >= 15 is 0 Å².